The van der Waals surface area contributed by atoms with Gasteiger partial charge in [-0.15, -0.1) is 0 Å². The molecule has 22 heavy (non-hydrogen) atoms. The van der Waals surface area contributed by atoms with Gasteiger partial charge in [0.05, 0.1) is 0 Å². The Labute approximate surface area is 139 Å². The fourth-order valence-corrected chi connectivity index (χ4v) is 3.03. The van der Waals surface area contributed by atoms with Crippen LogP contribution in [0.3, 0.4) is 0 Å². The van der Waals surface area contributed by atoms with E-state index in [4.69, 9.17) is 10.5 Å². The van der Waals surface area contributed by atoms with Crippen LogP contribution < -0.4 is 11.1 Å². The van der Waals surface area contributed by atoms with Crippen LogP contribution in [0.5, 0.6) is 0 Å². The summed E-state index contributed by atoms with van der Waals surface area (Å²) in [5, 5.41) is 3.57. The Hall–Kier alpha value is -0.300. The third-order valence-corrected chi connectivity index (χ3v) is 5.09. The molecule has 0 unspecified atom stereocenters. The van der Waals surface area contributed by atoms with Gasteiger partial charge in [-0.1, -0.05) is 6.92 Å². The molecular formula is C16H33N3O2S. The zero-order chi connectivity index (χ0) is 16.8. The maximum atomic E-state index is 12.4. The summed E-state index contributed by atoms with van der Waals surface area (Å²) in [6, 6.07) is -0.276. The number of esters is 1. The van der Waals surface area contributed by atoms with Gasteiger partial charge >= 0.3 is 5.97 Å². The Morgan fingerprint density at radius 2 is 2.00 bits per heavy atom. The molecule has 0 aromatic rings. The maximum absolute atomic E-state index is 12.4. The van der Waals surface area contributed by atoms with Gasteiger partial charge in [0, 0.05) is 11.9 Å². The largest absolute Gasteiger partial charge is 0.459 e. The SMILES string of the molecule is CS[C@@H](C)[C@@H](NCN1CCC(CN)CC1)C(=O)OC(C)(C)C. The highest BCUT2D eigenvalue weighted by atomic mass is 32.2. The summed E-state index contributed by atoms with van der Waals surface area (Å²) >= 11 is 1.68. The third kappa shape index (κ3) is 6.86. The first-order chi connectivity index (χ1) is 10.3. The van der Waals surface area contributed by atoms with E-state index in [0.29, 0.717) is 5.92 Å². The summed E-state index contributed by atoms with van der Waals surface area (Å²) in [6.07, 6.45) is 4.32. The van der Waals surface area contributed by atoms with Crippen LogP contribution in [0.4, 0.5) is 0 Å². The van der Waals surface area contributed by atoms with Crippen molar-refractivity contribution in [3.8, 4) is 0 Å². The maximum Gasteiger partial charge on any atom is 0.324 e. The monoisotopic (exact) mass is 331 g/mol. The van der Waals surface area contributed by atoms with Crippen molar-refractivity contribution in [2.45, 2.75) is 57.4 Å². The zero-order valence-electron chi connectivity index (χ0n) is 14.7. The first kappa shape index (κ1) is 19.7. The van der Waals surface area contributed by atoms with E-state index >= 15 is 0 Å². The minimum absolute atomic E-state index is 0.161. The fourth-order valence-electron chi connectivity index (χ4n) is 2.55. The van der Waals surface area contributed by atoms with Crippen molar-refractivity contribution in [2.75, 3.05) is 32.6 Å². The van der Waals surface area contributed by atoms with Gasteiger partial charge in [0.2, 0.25) is 0 Å². The summed E-state index contributed by atoms with van der Waals surface area (Å²) in [5.41, 5.74) is 5.28. The number of nitrogens with one attached hydrogen (secondary N) is 1. The van der Waals surface area contributed by atoms with Gasteiger partial charge in [-0.3, -0.25) is 15.0 Å². The van der Waals surface area contributed by atoms with Gasteiger partial charge in [0.25, 0.3) is 0 Å². The van der Waals surface area contributed by atoms with Gasteiger partial charge in [0.15, 0.2) is 0 Å². The smallest absolute Gasteiger partial charge is 0.324 e. The average molecular weight is 332 g/mol. The van der Waals surface area contributed by atoms with Gasteiger partial charge < -0.3 is 10.5 Å². The molecule has 2 atom stereocenters. The summed E-state index contributed by atoms with van der Waals surface area (Å²) in [5.74, 6) is 0.495. The van der Waals surface area contributed by atoms with Crippen molar-refractivity contribution in [2.24, 2.45) is 11.7 Å². The van der Waals surface area contributed by atoms with E-state index in [-0.39, 0.29) is 17.3 Å². The number of rotatable bonds is 7. The Bertz CT molecular complexity index is 339. The van der Waals surface area contributed by atoms with Crippen LogP contribution in [-0.2, 0) is 9.53 Å². The minimum atomic E-state index is -0.450. The predicted molar refractivity (Wildman–Crippen MR) is 94.0 cm³/mol. The first-order valence-corrected chi connectivity index (χ1v) is 9.47. The Morgan fingerprint density at radius 1 is 1.41 bits per heavy atom. The average Bonchev–Trinajstić information content (AvgIpc) is 2.46. The van der Waals surface area contributed by atoms with Gasteiger partial charge in [-0.25, -0.2) is 0 Å². The van der Waals surface area contributed by atoms with E-state index in [1.165, 1.54) is 0 Å². The van der Waals surface area contributed by atoms with Crippen LogP contribution in [0.25, 0.3) is 0 Å². The molecule has 1 aliphatic rings. The van der Waals surface area contributed by atoms with Gasteiger partial charge in [-0.2, -0.15) is 11.8 Å². The predicted octanol–water partition coefficient (Wildman–Crippen LogP) is 1.67. The highest BCUT2D eigenvalue weighted by molar-refractivity contribution is 7.99. The molecule has 5 nitrogen and oxygen atoms in total. The number of hydrogen-bond acceptors (Lipinski definition) is 6. The van der Waals surface area contributed by atoms with E-state index in [1.54, 1.807) is 11.8 Å². The lowest BCUT2D eigenvalue weighted by Crippen LogP contribution is -2.51. The van der Waals surface area contributed by atoms with Crippen molar-refractivity contribution in [1.82, 2.24) is 10.2 Å². The van der Waals surface area contributed by atoms with Crippen molar-refractivity contribution < 1.29 is 9.53 Å². The molecule has 0 spiro atoms. The van der Waals surface area contributed by atoms with Crippen LogP contribution in [0.1, 0.15) is 40.5 Å². The number of carbonyl (C=O) groups excluding carboxylic acids is 1. The fraction of sp³-hybridized carbons (Fsp3) is 0.938. The molecule has 1 heterocycles. The normalized spacial score (nSPS) is 20.6. The van der Waals surface area contributed by atoms with Crippen LogP contribution in [0.2, 0.25) is 0 Å². The molecule has 1 saturated heterocycles. The van der Waals surface area contributed by atoms with Crippen LogP contribution >= 0.6 is 11.8 Å². The minimum Gasteiger partial charge on any atom is -0.459 e. The number of ether oxygens (including phenoxy) is 1. The molecule has 1 fully saturated rings. The van der Waals surface area contributed by atoms with E-state index in [2.05, 4.69) is 17.1 Å². The summed E-state index contributed by atoms with van der Waals surface area (Å²) in [7, 11) is 0. The molecule has 0 aliphatic carbocycles. The molecule has 0 aromatic carbocycles. The number of carbonyl (C=O) groups is 1. The molecule has 0 amide bonds. The summed E-state index contributed by atoms with van der Waals surface area (Å²) in [4.78, 5) is 14.8. The molecule has 0 saturated carbocycles. The van der Waals surface area contributed by atoms with Crippen molar-refractivity contribution >= 4 is 17.7 Å². The number of nitrogens with zero attached hydrogens (tertiary/aromatic N) is 1. The lowest BCUT2D eigenvalue weighted by atomic mass is 9.97. The molecule has 0 aromatic heterocycles. The summed E-state index contributed by atoms with van der Waals surface area (Å²) in [6.45, 7) is 11.4. The quantitative estimate of drug-likeness (QED) is 0.692. The lowest BCUT2D eigenvalue weighted by molar-refractivity contribution is -0.157. The van der Waals surface area contributed by atoms with Crippen molar-refractivity contribution in [3.05, 3.63) is 0 Å². The topological polar surface area (TPSA) is 67.6 Å². The standard InChI is InChI=1S/C16H33N3O2S/c1-12(22-5)14(15(20)21-16(2,3)4)18-11-19-8-6-13(10-17)7-9-19/h12-14,18H,6-11,17H2,1-5H3/t12-,14+/m0/s1. The third-order valence-electron chi connectivity index (χ3n) is 4.08. The Morgan fingerprint density at radius 3 is 2.45 bits per heavy atom. The van der Waals surface area contributed by atoms with Crippen LogP contribution in [-0.4, -0.2) is 60.3 Å². The molecule has 130 valence electrons. The number of hydrogen-bond donors (Lipinski definition) is 2. The number of thioether (sulfide) groups is 1. The zero-order valence-corrected chi connectivity index (χ0v) is 15.5. The van der Waals surface area contributed by atoms with Crippen LogP contribution in [0.15, 0.2) is 0 Å². The molecule has 6 heteroatoms. The molecular weight excluding hydrogens is 298 g/mol. The van der Waals surface area contributed by atoms with Gasteiger partial charge in [0.1, 0.15) is 11.6 Å². The lowest BCUT2D eigenvalue weighted by Gasteiger charge is -2.34. The van der Waals surface area contributed by atoms with E-state index in [9.17, 15) is 4.79 Å². The number of piperidine rings is 1. The highest BCUT2D eigenvalue weighted by Gasteiger charge is 2.30. The van der Waals surface area contributed by atoms with Crippen molar-refractivity contribution in [1.29, 1.82) is 0 Å². The molecule has 3 N–H and O–H groups in total. The molecule has 0 bridgehead atoms. The second kappa shape index (κ2) is 9.11. The Balaban J connectivity index is 2.50. The first-order valence-electron chi connectivity index (χ1n) is 8.18. The van der Waals surface area contributed by atoms with E-state index in [1.807, 2.05) is 27.0 Å². The molecule has 1 aliphatic heterocycles. The second-order valence-electron chi connectivity index (χ2n) is 7.11. The number of likely N-dealkylation sites (tertiary alicyclic amines) is 1. The van der Waals surface area contributed by atoms with E-state index < -0.39 is 5.60 Å². The molecule has 1 rings (SSSR count). The Kier molecular flexibility index (Phi) is 8.17. The number of nitrogens with two attached hydrogens (primary N) is 1. The molecule has 0 radical (unpaired) electrons. The highest BCUT2D eigenvalue weighted by Crippen LogP contribution is 2.18. The van der Waals surface area contributed by atoms with Crippen LogP contribution in [0, 0.1) is 5.92 Å². The summed E-state index contributed by atoms with van der Waals surface area (Å²) < 4.78 is 5.55. The van der Waals surface area contributed by atoms with Gasteiger partial charge in [-0.05, 0) is 65.4 Å². The van der Waals surface area contributed by atoms with Crippen molar-refractivity contribution in [3.63, 3.8) is 0 Å². The van der Waals surface area contributed by atoms with E-state index in [0.717, 1.165) is 39.1 Å². The second-order valence-corrected chi connectivity index (χ2v) is 8.33.